The van der Waals surface area contributed by atoms with Crippen molar-refractivity contribution in [2.24, 2.45) is 0 Å². The first kappa shape index (κ1) is 11.5. The van der Waals surface area contributed by atoms with Gasteiger partial charge in [-0.25, -0.2) is 0 Å². The van der Waals surface area contributed by atoms with E-state index in [0.717, 1.165) is 35.7 Å². The first-order valence-electron chi connectivity index (χ1n) is 5.23. The van der Waals surface area contributed by atoms with Crippen LogP contribution in [0.5, 0.6) is 0 Å². The normalized spacial score (nSPS) is 10.9. The van der Waals surface area contributed by atoms with Gasteiger partial charge in [0.05, 0.1) is 12.8 Å². The molecule has 0 aliphatic carbocycles. The van der Waals surface area contributed by atoms with Crippen LogP contribution in [-0.4, -0.2) is 6.54 Å². The molecule has 0 aliphatic heterocycles. The molecule has 86 valence electrons. The fourth-order valence-electron chi connectivity index (χ4n) is 1.48. The minimum Gasteiger partial charge on any atom is -0.468 e. The lowest BCUT2D eigenvalue weighted by Gasteiger charge is -2.01. The van der Waals surface area contributed by atoms with Gasteiger partial charge in [-0.2, -0.15) is 0 Å². The van der Waals surface area contributed by atoms with Crippen molar-refractivity contribution in [3.63, 3.8) is 0 Å². The zero-order valence-electron chi connectivity index (χ0n) is 9.13. The number of hydrogen-bond acceptors (Lipinski definition) is 3. The molecule has 0 aliphatic rings. The molecule has 16 heavy (non-hydrogen) atoms. The minimum absolute atomic E-state index is 0.765. The zero-order valence-corrected chi connectivity index (χ0v) is 10.7. The molecule has 0 radical (unpaired) electrons. The summed E-state index contributed by atoms with van der Waals surface area (Å²) in [6.45, 7) is 3.69. The van der Waals surface area contributed by atoms with E-state index in [9.17, 15) is 0 Å². The lowest BCUT2D eigenvalue weighted by atomic mass is 10.3. The molecule has 0 spiro atoms. The largest absolute Gasteiger partial charge is 0.468 e. The van der Waals surface area contributed by atoms with Crippen molar-refractivity contribution in [3.05, 3.63) is 46.2 Å². The number of hydrogen-bond donors (Lipinski definition) is 1. The maximum Gasteiger partial charge on any atom is 0.169 e. The smallest absolute Gasteiger partial charge is 0.169 e. The topological polar surface area (TPSA) is 38.3 Å². The van der Waals surface area contributed by atoms with E-state index in [1.54, 1.807) is 6.26 Å². The SMILES string of the molecule is Cc1ccoc1CNCCc1ccc(Br)o1. The van der Waals surface area contributed by atoms with Gasteiger partial charge in [0.25, 0.3) is 0 Å². The Hall–Kier alpha value is -1.000. The Morgan fingerprint density at radius 1 is 1.31 bits per heavy atom. The molecule has 1 N–H and O–H groups in total. The van der Waals surface area contributed by atoms with Crippen molar-refractivity contribution in [1.82, 2.24) is 5.32 Å². The van der Waals surface area contributed by atoms with Gasteiger partial charge < -0.3 is 14.2 Å². The van der Waals surface area contributed by atoms with Crippen molar-refractivity contribution in [1.29, 1.82) is 0 Å². The van der Waals surface area contributed by atoms with Crippen LogP contribution in [0, 0.1) is 6.92 Å². The number of halogens is 1. The second-order valence-corrected chi connectivity index (χ2v) is 4.44. The maximum absolute atomic E-state index is 5.40. The molecule has 0 amide bonds. The Balaban J connectivity index is 1.71. The Kier molecular flexibility index (Phi) is 3.85. The van der Waals surface area contributed by atoms with Crippen molar-refractivity contribution >= 4 is 15.9 Å². The van der Waals surface area contributed by atoms with Gasteiger partial charge >= 0.3 is 0 Å². The summed E-state index contributed by atoms with van der Waals surface area (Å²) in [5.74, 6) is 1.98. The molecule has 2 aromatic heterocycles. The molecule has 0 fully saturated rings. The van der Waals surface area contributed by atoms with Gasteiger partial charge in [-0.15, -0.1) is 0 Å². The van der Waals surface area contributed by atoms with Crippen LogP contribution in [0.25, 0.3) is 0 Å². The highest BCUT2D eigenvalue weighted by atomic mass is 79.9. The summed E-state index contributed by atoms with van der Waals surface area (Å²) in [5, 5.41) is 3.32. The second kappa shape index (κ2) is 5.37. The quantitative estimate of drug-likeness (QED) is 0.856. The van der Waals surface area contributed by atoms with Crippen LogP contribution in [0.15, 0.2) is 38.0 Å². The Bertz CT molecular complexity index is 447. The number of aryl methyl sites for hydroxylation is 1. The van der Waals surface area contributed by atoms with E-state index in [2.05, 4.69) is 21.2 Å². The summed E-state index contributed by atoms with van der Waals surface area (Å²) in [6, 6.07) is 5.86. The van der Waals surface area contributed by atoms with Crippen molar-refractivity contribution in [2.75, 3.05) is 6.54 Å². The lowest BCUT2D eigenvalue weighted by molar-refractivity contribution is 0.459. The Morgan fingerprint density at radius 3 is 2.81 bits per heavy atom. The predicted octanol–water partition coefficient (Wildman–Crippen LogP) is 3.28. The molecule has 3 nitrogen and oxygen atoms in total. The van der Waals surface area contributed by atoms with Gasteiger partial charge in [-0.05, 0) is 46.6 Å². The van der Waals surface area contributed by atoms with E-state index < -0.39 is 0 Å². The minimum atomic E-state index is 0.765. The number of nitrogens with one attached hydrogen (secondary N) is 1. The standard InChI is InChI=1S/C12H14BrNO2/c1-9-5-7-15-11(9)8-14-6-4-10-2-3-12(13)16-10/h2-3,5,7,14H,4,6,8H2,1H3. The molecular weight excluding hydrogens is 270 g/mol. The van der Waals surface area contributed by atoms with Gasteiger partial charge in [0.2, 0.25) is 0 Å². The van der Waals surface area contributed by atoms with Crippen LogP contribution >= 0.6 is 15.9 Å². The van der Waals surface area contributed by atoms with E-state index in [1.165, 1.54) is 5.56 Å². The molecule has 0 unspecified atom stereocenters. The van der Waals surface area contributed by atoms with Crippen LogP contribution in [0.4, 0.5) is 0 Å². The third kappa shape index (κ3) is 3.00. The maximum atomic E-state index is 5.40. The van der Waals surface area contributed by atoms with Gasteiger partial charge in [0, 0.05) is 13.0 Å². The third-order valence-corrected chi connectivity index (χ3v) is 2.86. The number of rotatable bonds is 5. The predicted molar refractivity (Wildman–Crippen MR) is 65.3 cm³/mol. The van der Waals surface area contributed by atoms with Gasteiger partial charge in [0.15, 0.2) is 4.67 Å². The highest BCUT2D eigenvalue weighted by Crippen LogP contribution is 2.14. The Labute approximate surface area is 103 Å². The van der Waals surface area contributed by atoms with Crippen molar-refractivity contribution < 1.29 is 8.83 Å². The Morgan fingerprint density at radius 2 is 2.19 bits per heavy atom. The van der Waals surface area contributed by atoms with E-state index in [1.807, 2.05) is 25.1 Å². The summed E-state index contributed by atoms with van der Waals surface area (Å²) in [4.78, 5) is 0. The second-order valence-electron chi connectivity index (χ2n) is 3.66. The van der Waals surface area contributed by atoms with Gasteiger partial charge in [0.1, 0.15) is 11.5 Å². The zero-order chi connectivity index (χ0) is 11.4. The molecule has 0 atom stereocenters. The fourth-order valence-corrected chi connectivity index (χ4v) is 1.82. The van der Waals surface area contributed by atoms with Crippen LogP contribution in [0.2, 0.25) is 0 Å². The third-order valence-electron chi connectivity index (χ3n) is 2.43. The van der Waals surface area contributed by atoms with Gasteiger partial charge in [-0.3, -0.25) is 0 Å². The van der Waals surface area contributed by atoms with Crippen LogP contribution in [0.3, 0.4) is 0 Å². The molecular formula is C12H14BrNO2. The molecule has 2 aromatic rings. The molecule has 0 saturated heterocycles. The molecule has 0 aromatic carbocycles. The average molecular weight is 284 g/mol. The first-order valence-corrected chi connectivity index (χ1v) is 6.03. The molecule has 2 heterocycles. The summed E-state index contributed by atoms with van der Waals surface area (Å²) >= 11 is 3.28. The van der Waals surface area contributed by atoms with Crippen molar-refractivity contribution in [2.45, 2.75) is 19.9 Å². The monoisotopic (exact) mass is 283 g/mol. The van der Waals surface area contributed by atoms with Crippen molar-refractivity contribution in [3.8, 4) is 0 Å². The van der Waals surface area contributed by atoms with E-state index >= 15 is 0 Å². The summed E-state index contributed by atoms with van der Waals surface area (Å²) in [7, 11) is 0. The molecule has 4 heteroatoms. The van der Waals surface area contributed by atoms with E-state index in [0.29, 0.717) is 0 Å². The molecule has 2 rings (SSSR count). The summed E-state index contributed by atoms with van der Waals surface area (Å²) in [6.07, 6.45) is 2.60. The molecule has 0 saturated carbocycles. The lowest BCUT2D eigenvalue weighted by Crippen LogP contribution is -2.16. The fraction of sp³-hybridized carbons (Fsp3) is 0.333. The van der Waals surface area contributed by atoms with E-state index in [-0.39, 0.29) is 0 Å². The highest BCUT2D eigenvalue weighted by Gasteiger charge is 2.02. The summed E-state index contributed by atoms with van der Waals surface area (Å²) < 4.78 is 11.5. The van der Waals surface area contributed by atoms with Crippen LogP contribution in [-0.2, 0) is 13.0 Å². The highest BCUT2D eigenvalue weighted by molar-refractivity contribution is 9.10. The molecule has 0 bridgehead atoms. The number of furan rings is 2. The first-order chi connectivity index (χ1) is 7.75. The van der Waals surface area contributed by atoms with Gasteiger partial charge in [-0.1, -0.05) is 0 Å². The van der Waals surface area contributed by atoms with Crippen LogP contribution in [0.1, 0.15) is 17.1 Å². The van der Waals surface area contributed by atoms with E-state index in [4.69, 9.17) is 8.83 Å². The summed E-state index contributed by atoms with van der Waals surface area (Å²) in [5.41, 5.74) is 1.19. The van der Waals surface area contributed by atoms with Crippen LogP contribution < -0.4 is 5.32 Å². The average Bonchev–Trinajstić information content (AvgIpc) is 2.83.